The highest BCUT2D eigenvalue weighted by molar-refractivity contribution is 5.78. The Morgan fingerprint density at radius 3 is 2.67 bits per heavy atom. The van der Waals surface area contributed by atoms with Crippen molar-refractivity contribution in [3.8, 4) is 0 Å². The summed E-state index contributed by atoms with van der Waals surface area (Å²) in [6.45, 7) is 7.04. The highest BCUT2D eigenvalue weighted by atomic mass is 15.3. The Morgan fingerprint density at radius 1 is 0.958 bits per heavy atom. The molecule has 0 spiro atoms. The fraction of sp³-hybridized carbons (Fsp3) is 0.316. The van der Waals surface area contributed by atoms with Gasteiger partial charge in [0.1, 0.15) is 11.6 Å². The van der Waals surface area contributed by atoms with Gasteiger partial charge in [-0.25, -0.2) is 9.97 Å². The largest absolute Gasteiger partial charge is 0.354 e. The van der Waals surface area contributed by atoms with Gasteiger partial charge in [0.2, 0.25) is 0 Å². The zero-order chi connectivity index (χ0) is 16.4. The smallest absolute Gasteiger partial charge is 0.132 e. The molecule has 0 bridgehead atoms. The van der Waals surface area contributed by atoms with E-state index < -0.39 is 0 Å². The van der Waals surface area contributed by atoms with Crippen molar-refractivity contribution in [2.75, 3.05) is 31.1 Å². The van der Waals surface area contributed by atoms with Gasteiger partial charge in [-0.15, -0.1) is 0 Å². The maximum atomic E-state index is 4.53. The summed E-state index contributed by atoms with van der Waals surface area (Å²) < 4.78 is 0. The summed E-state index contributed by atoms with van der Waals surface area (Å²) in [5, 5.41) is 1.21. The Balaban J connectivity index is 1.40. The van der Waals surface area contributed by atoms with E-state index in [1.807, 2.05) is 31.5 Å². The first-order valence-corrected chi connectivity index (χ1v) is 8.38. The minimum absolute atomic E-state index is 0.833. The average Bonchev–Trinajstić information content (AvgIpc) is 2.62. The molecule has 1 aliphatic heterocycles. The molecule has 0 N–H and O–H groups in total. The van der Waals surface area contributed by atoms with Gasteiger partial charge in [-0.3, -0.25) is 9.88 Å². The second-order valence-electron chi connectivity index (χ2n) is 6.26. The first-order chi connectivity index (χ1) is 11.8. The molecule has 0 unspecified atom stereocenters. The maximum Gasteiger partial charge on any atom is 0.132 e. The standard InChI is InChI=1S/C19H21N5/c1-15-20-8-6-19(22-15)24-11-9-23(10-12-24)14-16-4-5-18-17(13-16)3-2-7-21-18/h2-8,13H,9-12,14H2,1H3. The van der Waals surface area contributed by atoms with Gasteiger partial charge in [0.05, 0.1) is 5.52 Å². The monoisotopic (exact) mass is 319 g/mol. The molecule has 0 aliphatic carbocycles. The van der Waals surface area contributed by atoms with Gasteiger partial charge in [0.25, 0.3) is 0 Å². The van der Waals surface area contributed by atoms with Crippen LogP contribution in [0, 0.1) is 6.92 Å². The Kier molecular flexibility index (Phi) is 4.09. The van der Waals surface area contributed by atoms with E-state index >= 15 is 0 Å². The third kappa shape index (κ3) is 3.21. The minimum atomic E-state index is 0.833. The van der Waals surface area contributed by atoms with Gasteiger partial charge in [-0.1, -0.05) is 12.1 Å². The third-order valence-corrected chi connectivity index (χ3v) is 4.53. The van der Waals surface area contributed by atoms with Gasteiger partial charge >= 0.3 is 0 Å². The second-order valence-corrected chi connectivity index (χ2v) is 6.26. The summed E-state index contributed by atoms with van der Waals surface area (Å²) in [5.41, 5.74) is 2.41. The molecule has 2 aromatic heterocycles. The molecule has 122 valence electrons. The fourth-order valence-electron chi connectivity index (χ4n) is 3.24. The summed E-state index contributed by atoms with van der Waals surface area (Å²) in [7, 11) is 0. The molecule has 1 fully saturated rings. The zero-order valence-electron chi connectivity index (χ0n) is 13.9. The lowest BCUT2D eigenvalue weighted by molar-refractivity contribution is 0.249. The number of anilines is 1. The van der Waals surface area contributed by atoms with Crippen LogP contribution in [-0.2, 0) is 6.54 Å². The van der Waals surface area contributed by atoms with E-state index in [4.69, 9.17) is 0 Å². The highest BCUT2D eigenvalue weighted by Gasteiger charge is 2.18. The Hall–Kier alpha value is -2.53. The maximum absolute atomic E-state index is 4.53. The van der Waals surface area contributed by atoms with E-state index in [0.717, 1.165) is 49.9 Å². The molecule has 5 heteroatoms. The van der Waals surface area contributed by atoms with Crippen molar-refractivity contribution in [3.63, 3.8) is 0 Å². The van der Waals surface area contributed by atoms with Gasteiger partial charge in [-0.05, 0) is 36.8 Å². The van der Waals surface area contributed by atoms with Gasteiger partial charge < -0.3 is 4.90 Å². The lowest BCUT2D eigenvalue weighted by atomic mass is 10.1. The van der Waals surface area contributed by atoms with Crippen molar-refractivity contribution < 1.29 is 0 Å². The average molecular weight is 319 g/mol. The van der Waals surface area contributed by atoms with Crippen molar-refractivity contribution in [2.45, 2.75) is 13.5 Å². The number of rotatable bonds is 3. The SMILES string of the molecule is Cc1nccc(N2CCN(Cc3ccc4ncccc4c3)CC2)n1. The highest BCUT2D eigenvalue weighted by Crippen LogP contribution is 2.17. The summed E-state index contributed by atoms with van der Waals surface area (Å²) >= 11 is 0. The number of fused-ring (bicyclic) bond motifs is 1. The number of hydrogen-bond donors (Lipinski definition) is 0. The quantitative estimate of drug-likeness (QED) is 0.743. The first kappa shape index (κ1) is 15.0. The van der Waals surface area contributed by atoms with E-state index in [9.17, 15) is 0 Å². The van der Waals surface area contributed by atoms with Gasteiger partial charge in [0.15, 0.2) is 0 Å². The van der Waals surface area contributed by atoms with Crippen molar-refractivity contribution in [1.82, 2.24) is 19.9 Å². The van der Waals surface area contributed by atoms with Crippen molar-refractivity contribution in [2.24, 2.45) is 0 Å². The summed E-state index contributed by atoms with van der Waals surface area (Å²) in [6.07, 6.45) is 3.68. The van der Waals surface area contributed by atoms with Gasteiger partial charge in [-0.2, -0.15) is 0 Å². The topological polar surface area (TPSA) is 45.2 Å². The molecular formula is C19H21N5. The van der Waals surface area contributed by atoms with Crippen LogP contribution >= 0.6 is 0 Å². The molecule has 0 saturated carbocycles. The van der Waals surface area contributed by atoms with Crippen LogP contribution in [0.2, 0.25) is 0 Å². The number of pyridine rings is 1. The number of benzene rings is 1. The molecule has 24 heavy (non-hydrogen) atoms. The van der Waals surface area contributed by atoms with Crippen LogP contribution in [0.15, 0.2) is 48.8 Å². The first-order valence-electron chi connectivity index (χ1n) is 8.38. The Bertz CT molecular complexity index is 840. The predicted molar refractivity (Wildman–Crippen MR) is 96.0 cm³/mol. The fourth-order valence-corrected chi connectivity index (χ4v) is 3.24. The normalized spacial score (nSPS) is 15.8. The van der Waals surface area contributed by atoms with Crippen molar-refractivity contribution in [3.05, 3.63) is 60.2 Å². The molecule has 0 atom stereocenters. The summed E-state index contributed by atoms with van der Waals surface area (Å²) in [6, 6.07) is 12.7. The minimum Gasteiger partial charge on any atom is -0.354 e. The molecule has 1 saturated heterocycles. The van der Waals surface area contributed by atoms with E-state index in [-0.39, 0.29) is 0 Å². The molecule has 4 rings (SSSR count). The van der Waals surface area contributed by atoms with Crippen LogP contribution < -0.4 is 4.90 Å². The number of nitrogens with zero attached hydrogens (tertiary/aromatic N) is 5. The lowest BCUT2D eigenvalue weighted by Gasteiger charge is -2.35. The number of aryl methyl sites for hydroxylation is 1. The molecule has 3 heterocycles. The van der Waals surface area contributed by atoms with E-state index in [1.54, 1.807) is 0 Å². The number of hydrogen-bond acceptors (Lipinski definition) is 5. The third-order valence-electron chi connectivity index (χ3n) is 4.53. The molecule has 0 amide bonds. The molecule has 3 aromatic rings. The molecular weight excluding hydrogens is 298 g/mol. The zero-order valence-corrected chi connectivity index (χ0v) is 13.9. The van der Waals surface area contributed by atoms with Crippen LogP contribution in [0.4, 0.5) is 5.82 Å². The summed E-state index contributed by atoms with van der Waals surface area (Å²) in [5.74, 6) is 1.87. The van der Waals surface area contributed by atoms with E-state index in [0.29, 0.717) is 0 Å². The van der Waals surface area contributed by atoms with E-state index in [1.165, 1.54) is 10.9 Å². The van der Waals surface area contributed by atoms with Crippen LogP contribution in [0.1, 0.15) is 11.4 Å². The Morgan fingerprint density at radius 2 is 1.83 bits per heavy atom. The van der Waals surface area contributed by atoms with Crippen LogP contribution in [-0.4, -0.2) is 46.0 Å². The number of piperazine rings is 1. The lowest BCUT2D eigenvalue weighted by Crippen LogP contribution is -2.46. The van der Waals surface area contributed by atoms with E-state index in [2.05, 4.69) is 49.0 Å². The van der Waals surface area contributed by atoms with Crippen LogP contribution in [0.25, 0.3) is 10.9 Å². The van der Waals surface area contributed by atoms with Crippen LogP contribution in [0.3, 0.4) is 0 Å². The molecule has 0 radical (unpaired) electrons. The molecule has 1 aromatic carbocycles. The Labute approximate surface area is 142 Å². The number of aromatic nitrogens is 3. The second kappa shape index (κ2) is 6.53. The predicted octanol–water partition coefficient (Wildman–Crippen LogP) is 2.66. The molecule has 5 nitrogen and oxygen atoms in total. The molecule has 1 aliphatic rings. The van der Waals surface area contributed by atoms with Gasteiger partial charge in [0, 0.05) is 50.5 Å². The van der Waals surface area contributed by atoms with Crippen molar-refractivity contribution >= 4 is 16.7 Å². The summed E-state index contributed by atoms with van der Waals surface area (Å²) in [4.78, 5) is 17.9. The van der Waals surface area contributed by atoms with Crippen molar-refractivity contribution in [1.29, 1.82) is 0 Å². The van der Waals surface area contributed by atoms with Crippen LogP contribution in [0.5, 0.6) is 0 Å².